The van der Waals surface area contributed by atoms with Gasteiger partial charge in [0.25, 0.3) is 0 Å². The van der Waals surface area contributed by atoms with Crippen LogP contribution in [-0.2, 0) is 4.74 Å². The van der Waals surface area contributed by atoms with Crippen LogP contribution in [0.3, 0.4) is 0 Å². The zero-order chi connectivity index (χ0) is 8.85. The summed E-state index contributed by atoms with van der Waals surface area (Å²) in [4.78, 5) is 1.81. The van der Waals surface area contributed by atoms with Crippen LogP contribution < -0.4 is 0 Å². The maximum absolute atomic E-state index is 9.23. The highest BCUT2D eigenvalue weighted by Crippen LogP contribution is 2.06. The molecule has 3 nitrogen and oxygen atoms in total. The number of nitrogens with zero attached hydrogens (tertiary/aromatic N) is 1. The van der Waals surface area contributed by atoms with Crippen molar-refractivity contribution in [3.05, 3.63) is 0 Å². The van der Waals surface area contributed by atoms with E-state index in [0.29, 0.717) is 6.04 Å². The van der Waals surface area contributed by atoms with Gasteiger partial charge in [0.05, 0.1) is 0 Å². The molecule has 0 fully saturated rings. The number of ether oxygens (including phenoxy) is 1. The molecule has 0 bridgehead atoms. The molecule has 0 aromatic heterocycles. The number of aliphatic hydroxyl groups excluding tert-OH is 1. The fourth-order valence-electron chi connectivity index (χ4n) is 1.01. The van der Waals surface area contributed by atoms with Gasteiger partial charge in [-0.3, -0.25) is 4.90 Å². The van der Waals surface area contributed by atoms with E-state index in [2.05, 4.69) is 13.8 Å². The summed E-state index contributed by atoms with van der Waals surface area (Å²) < 4.78 is 4.76. The van der Waals surface area contributed by atoms with Crippen molar-refractivity contribution in [3.8, 4) is 0 Å². The average Bonchev–Trinajstić information content (AvgIpc) is 2.02. The Morgan fingerprint density at radius 1 is 1.55 bits per heavy atom. The minimum Gasteiger partial charge on any atom is -0.356 e. The van der Waals surface area contributed by atoms with Crippen LogP contribution in [0.4, 0.5) is 0 Å². The molecule has 0 saturated carbocycles. The Kier molecular flexibility index (Phi) is 5.46. The van der Waals surface area contributed by atoms with Gasteiger partial charge in [-0.05, 0) is 20.4 Å². The molecule has 1 N–H and O–H groups in total. The van der Waals surface area contributed by atoms with Gasteiger partial charge in [-0.15, -0.1) is 0 Å². The third kappa shape index (κ3) is 3.70. The van der Waals surface area contributed by atoms with E-state index in [-0.39, 0.29) is 0 Å². The number of hydrogen-bond donors (Lipinski definition) is 1. The van der Waals surface area contributed by atoms with Crippen molar-refractivity contribution < 1.29 is 9.84 Å². The van der Waals surface area contributed by atoms with Gasteiger partial charge in [-0.2, -0.15) is 0 Å². The SMILES string of the molecule is CCC[C@H](C)N(C)C(O)OC. The number of rotatable bonds is 5. The van der Waals surface area contributed by atoms with Gasteiger partial charge in [-0.1, -0.05) is 13.3 Å². The van der Waals surface area contributed by atoms with Crippen LogP contribution in [0.25, 0.3) is 0 Å². The first-order valence-corrected chi connectivity index (χ1v) is 4.06. The van der Waals surface area contributed by atoms with Crippen molar-refractivity contribution >= 4 is 0 Å². The third-order valence-corrected chi connectivity index (χ3v) is 1.96. The summed E-state index contributed by atoms with van der Waals surface area (Å²) in [5.41, 5.74) is 0. The normalized spacial score (nSPS) is 16.9. The Balaban J connectivity index is 3.70. The lowest BCUT2D eigenvalue weighted by atomic mass is 10.2. The molecule has 0 aromatic carbocycles. The Bertz CT molecular complexity index is 98.1. The Morgan fingerprint density at radius 3 is 2.45 bits per heavy atom. The maximum Gasteiger partial charge on any atom is 0.215 e. The highest BCUT2D eigenvalue weighted by Gasteiger charge is 2.15. The average molecular weight is 161 g/mol. The highest BCUT2D eigenvalue weighted by molar-refractivity contribution is 4.60. The molecule has 1 unspecified atom stereocenters. The van der Waals surface area contributed by atoms with Gasteiger partial charge in [0.15, 0.2) is 0 Å². The van der Waals surface area contributed by atoms with E-state index in [1.54, 1.807) is 0 Å². The highest BCUT2D eigenvalue weighted by atomic mass is 16.6. The second-order valence-corrected chi connectivity index (χ2v) is 2.87. The molecule has 0 saturated heterocycles. The van der Waals surface area contributed by atoms with Crippen LogP contribution in [0.1, 0.15) is 26.7 Å². The van der Waals surface area contributed by atoms with E-state index in [1.807, 2.05) is 11.9 Å². The molecule has 68 valence electrons. The molecule has 0 amide bonds. The van der Waals surface area contributed by atoms with E-state index >= 15 is 0 Å². The van der Waals surface area contributed by atoms with E-state index in [0.717, 1.165) is 12.8 Å². The van der Waals surface area contributed by atoms with Crippen molar-refractivity contribution in [2.24, 2.45) is 0 Å². The van der Waals surface area contributed by atoms with Crippen LogP contribution >= 0.6 is 0 Å². The zero-order valence-electron chi connectivity index (χ0n) is 7.87. The first kappa shape index (κ1) is 10.9. The minimum atomic E-state index is -0.767. The van der Waals surface area contributed by atoms with Crippen LogP contribution in [0, 0.1) is 0 Å². The van der Waals surface area contributed by atoms with Gasteiger partial charge >= 0.3 is 0 Å². The lowest BCUT2D eigenvalue weighted by molar-refractivity contribution is -0.179. The second kappa shape index (κ2) is 5.52. The number of methoxy groups -OCH3 is 1. The van der Waals surface area contributed by atoms with Gasteiger partial charge in [-0.25, -0.2) is 0 Å². The lowest BCUT2D eigenvalue weighted by Crippen LogP contribution is -2.39. The van der Waals surface area contributed by atoms with Crippen molar-refractivity contribution in [1.82, 2.24) is 4.90 Å². The van der Waals surface area contributed by atoms with Crippen LogP contribution in [0.5, 0.6) is 0 Å². The molecular weight excluding hydrogens is 142 g/mol. The fraction of sp³-hybridized carbons (Fsp3) is 1.00. The number of aliphatic hydroxyl groups is 1. The molecule has 0 radical (unpaired) electrons. The van der Waals surface area contributed by atoms with E-state index in [1.165, 1.54) is 7.11 Å². The predicted molar refractivity (Wildman–Crippen MR) is 45.1 cm³/mol. The summed E-state index contributed by atoms with van der Waals surface area (Å²) in [6.07, 6.45) is 1.44. The standard InChI is InChI=1S/C8H19NO2/c1-5-6-7(2)9(3)8(10)11-4/h7-8,10H,5-6H2,1-4H3/t7-,8?/m0/s1. The Morgan fingerprint density at radius 2 is 2.09 bits per heavy atom. The molecule has 0 aliphatic carbocycles. The lowest BCUT2D eigenvalue weighted by Gasteiger charge is -2.27. The Labute approximate surface area is 69.0 Å². The van der Waals surface area contributed by atoms with Crippen LogP contribution in [-0.4, -0.2) is 36.6 Å². The number of hydrogen-bond acceptors (Lipinski definition) is 3. The van der Waals surface area contributed by atoms with Crippen molar-refractivity contribution in [1.29, 1.82) is 0 Å². The molecule has 0 spiro atoms. The van der Waals surface area contributed by atoms with Gasteiger partial charge < -0.3 is 9.84 Å². The summed E-state index contributed by atoms with van der Waals surface area (Å²) in [5.74, 6) is 0. The first-order chi connectivity index (χ1) is 5.13. The van der Waals surface area contributed by atoms with Gasteiger partial charge in [0, 0.05) is 13.2 Å². The molecule has 3 heteroatoms. The third-order valence-electron chi connectivity index (χ3n) is 1.96. The molecule has 0 rings (SSSR count). The topological polar surface area (TPSA) is 32.7 Å². The van der Waals surface area contributed by atoms with E-state index in [4.69, 9.17) is 4.74 Å². The molecule has 0 aliphatic rings. The monoisotopic (exact) mass is 161 g/mol. The van der Waals surface area contributed by atoms with Crippen LogP contribution in [0.2, 0.25) is 0 Å². The minimum absolute atomic E-state index is 0.370. The summed E-state index contributed by atoms with van der Waals surface area (Å²) in [6, 6.07) is 0.370. The molecule has 0 aliphatic heterocycles. The maximum atomic E-state index is 9.23. The predicted octanol–water partition coefficient (Wildman–Crippen LogP) is 1.03. The first-order valence-electron chi connectivity index (χ1n) is 4.06. The summed E-state index contributed by atoms with van der Waals surface area (Å²) in [5, 5.41) is 9.23. The van der Waals surface area contributed by atoms with Crippen molar-refractivity contribution in [2.45, 2.75) is 39.1 Å². The van der Waals surface area contributed by atoms with Crippen molar-refractivity contribution in [2.75, 3.05) is 14.2 Å². The molecular formula is C8H19NO2. The molecule has 2 atom stereocenters. The van der Waals surface area contributed by atoms with Crippen LogP contribution in [0.15, 0.2) is 0 Å². The van der Waals surface area contributed by atoms with Crippen molar-refractivity contribution in [3.63, 3.8) is 0 Å². The molecule has 0 heterocycles. The molecule has 0 aromatic rings. The Hall–Kier alpha value is -0.120. The van der Waals surface area contributed by atoms with E-state index < -0.39 is 6.41 Å². The van der Waals surface area contributed by atoms with E-state index in [9.17, 15) is 5.11 Å². The summed E-state index contributed by atoms with van der Waals surface area (Å²) >= 11 is 0. The van der Waals surface area contributed by atoms with Gasteiger partial charge in [0.2, 0.25) is 6.41 Å². The fourth-order valence-corrected chi connectivity index (χ4v) is 1.01. The summed E-state index contributed by atoms with van der Waals surface area (Å²) in [7, 11) is 3.36. The second-order valence-electron chi connectivity index (χ2n) is 2.87. The summed E-state index contributed by atoms with van der Waals surface area (Å²) in [6.45, 7) is 4.20. The largest absolute Gasteiger partial charge is 0.356 e. The quantitative estimate of drug-likeness (QED) is 0.611. The molecule has 11 heavy (non-hydrogen) atoms. The zero-order valence-corrected chi connectivity index (χ0v) is 7.87. The van der Waals surface area contributed by atoms with Gasteiger partial charge in [0.1, 0.15) is 0 Å². The smallest absolute Gasteiger partial charge is 0.215 e.